The van der Waals surface area contributed by atoms with Gasteiger partial charge in [-0.25, -0.2) is 0 Å². The van der Waals surface area contributed by atoms with E-state index in [0.717, 1.165) is 23.2 Å². The van der Waals surface area contributed by atoms with Crippen molar-refractivity contribution < 1.29 is 4.74 Å². The summed E-state index contributed by atoms with van der Waals surface area (Å²) in [6.45, 7) is 9.75. The lowest BCUT2D eigenvalue weighted by molar-refractivity contribution is -0.0157. The largest absolute Gasteiger partial charge is 0.487 e. The monoisotopic (exact) mass is 339 g/mol. The molecule has 0 amide bonds. The van der Waals surface area contributed by atoms with Gasteiger partial charge in [0.1, 0.15) is 11.4 Å². The van der Waals surface area contributed by atoms with Crippen LogP contribution < -0.4 is 10.1 Å². The fourth-order valence-electron chi connectivity index (χ4n) is 2.60. The van der Waals surface area contributed by atoms with Gasteiger partial charge in [0.2, 0.25) is 0 Å². The second kappa shape index (κ2) is 6.07. The summed E-state index contributed by atoms with van der Waals surface area (Å²) < 4.78 is 7.49. The molecule has 1 aliphatic carbocycles. The first-order valence-electron chi connectivity index (χ1n) is 7.50. The second-order valence-corrected chi connectivity index (χ2v) is 7.89. The molecule has 0 unspecified atom stereocenters. The standard InChI is InChI=1S/C17H26BrNO/c1-13-12-14(18)6-7-15(13)20-17(8-5-9-17)10-11-19-16(2,3)4/h6-7,12,19H,5,8-11H2,1-4H3. The third-order valence-electron chi connectivity index (χ3n) is 3.96. The van der Waals surface area contributed by atoms with Crippen molar-refractivity contribution in [2.45, 2.75) is 64.5 Å². The Bertz CT molecular complexity index is 461. The Balaban J connectivity index is 1.97. The number of ether oxygens (including phenoxy) is 1. The zero-order valence-electron chi connectivity index (χ0n) is 13.1. The van der Waals surface area contributed by atoms with Gasteiger partial charge in [-0.15, -0.1) is 0 Å². The van der Waals surface area contributed by atoms with E-state index in [9.17, 15) is 0 Å². The third kappa shape index (κ3) is 4.23. The molecule has 20 heavy (non-hydrogen) atoms. The quantitative estimate of drug-likeness (QED) is 0.828. The number of benzene rings is 1. The van der Waals surface area contributed by atoms with Gasteiger partial charge in [0.05, 0.1) is 0 Å². The molecular formula is C17H26BrNO. The van der Waals surface area contributed by atoms with E-state index < -0.39 is 0 Å². The van der Waals surface area contributed by atoms with Crippen LogP contribution in [0.4, 0.5) is 0 Å². The molecule has 0 heterocycles. The van der Waals surface area contributed by atoms with Gasteiger partial charge in [-0.3, -0.25) is 0 Å². The second-order valence-electron chi connectivity index (χ2n) is 6.98. The average Bonchev–Trinajstić information content (AvgIpc) is 2.27. The summed E-state index contributed by atoms with van der Waals surface area (Å²) in [7, 11) is 0. The molecule has 1 aliphatic rings. The van der Waals surface area contributed by atoms with Crippen LogP contribution in [-0.4, -0.2) is 17.7 Å². The molecule has 1 aromatic rings. The van der Waals surface area contributed by atoms with E-state index in [1.165, 1.54) is 24.8 Å². The molecule has 0 radical (unpaired) electrons. The molecular weight excluding hydrogens is 314 g/mol. The Morgan fingerprint density at radius 2 is 2.00 bits per heavy atom. The topological polar surface area (TPSA) is 21.3 Å². The Morgan fingerprint density at radius 1 is 1.30 bits per heavy atom. The van der Waals surface area contributed by atoms with Gasteiger partial charge in [0, 0.05) is 10.0 Å². The van der Waals surface area contributed by atoms with E-state index in [-0.39, 0.29) is 11.1 Å². The highest BCUT2D eigenvalue weighted by atomic mass is 79.9. The summed E-state index contributed by atoms with van der Waals surface area (Å²) in [6.07, 6.45) is 4.72. The van der Waals surface area contributed by atoms with Crippen molar-refractivity contribution in [3.63, 3.8) is 0 Å². The first-order valence-corrected chi connectivity index (χ1v) is 8.29. The summed E-state index contributed by atoms with van der Waals surface area (Å²) >= 11 is 3.51. The molecule has 0 aromatic heterocycles. The molecule has 1 aromatic carbocycles. The molecule has 0 atom stereocenters. The normalized spacial score (nSPS) is 17.6. The van der Waals surface area contributed by atoms with E-state index in [2.05, 4.69) is 67.1 Å². The molecule has 0 bridgehead atoms. The Morgan fingerprint density at radius 3 is 2.50 bits per heavy atom. The van der Waals surface area contributed by atoms with Crippen LogP contribution in [0.5, 0.6) is 5.75 Å². The zero-order chi connectivity index (χ0) is 14.8. The van der Waals surface area contributed by atoms with Crippen molar-refractivity contribution >= 4 is 15.9 Å². The molecule has 3 heteroatoms. The third-order valence-corrected chi connectivity index (χ3v) is 4.46. The summed E-state index contributed by atoms with van der Waals surface area (Å²) in [5.74, 6) is 1.03. The van der Waals surface area contributed by atoms with E-state index in [1.807, 2.05) is 0 Å². The zero-order valence-corrected chi connectivity index (χ0v) is 14.6. The van der Waals surface area contributed by atoms with E-state index in [1.54, 1.807) is 0 Å². The van der Waals surface area contributed by atoms with Gasteiger partial charge in [-0.1, -0.05) is 15.9 Å². The molecule has 1 fully saturated rings. The average molecular weight is 340 g/mol. The minimum absolute atomic E-state index is 0.0524. The fraction of sp³-hybridized carbons (Fsp3) is 0.647. The summed E-state index contributed by atoms with van der Waals surface area (Å²) in [5, 5.41) is 3.57. The SMILES string of the molecule is Cc1cc(Br)ccc1OC1(CCNC(C)(C)C)CCC1. The highest BCUT2D eigenvalue weighted by Gasteiger charge is 2.39. The van der Waals surface area contributed by atoms with Crippen molar-refractivity contribution in [1.29, 1.82) is 0 Å². The molecule has 2 nitrogen and oxygen atoms in total. The molecule has 2 rings (SSSR count). The number of aryl methyl sites for hydroxylation is 1. The molecule has 0 saturated heterocycles. The van der Waals surface area contributed by atoms with Crippen LogP contribution in [0.2, 0.25) is 0 Å². The fourth-order valence-corrected chi connectivity index (χ4v) is 3.08. The highest BCUT2D eigenvalue weighted by molar-refractivity contribution is 9.10. The first-order chi connectivity index (χ1) is 9.30. The van der Waals surface area contributed by atoms with Crippen molar-refractivity contribution in [1.82, 2.24) is 5.32 Å². The molecule has 0 aliphatic heterocycles. The predicted octanol–water partition coefficient (Wildman–Crippen LogP) is 4.84. The predicted molar refractivity (Wildman–Crippen MR) is 88.5 cm³/mol. The van der Waals surface area contributed by atoms with Crippen LogP contribution in [0.1, 0.15) is 52.0 Å². The minimum Gasteiger partial charge on any atom is -0.487 e. The smallest absolute Gasteiger partial charge is 0.123 e. The van der Waals surface area contributed by atoms with Crippen LogP contribution in [0.3, 0.4) is 0 Å². The van der Waals surface area contributed by atoms with Crippen molar-refractivity contribution in [2.75, 3.05) is 6.54 Å². The first kappa shape index (κ1) is 15.8. The number of halogens is 1. The number of hydrogen-bond acceptors (Lipinski definition) is 2. The Kier molecular flexibility index (Phi) is 4.80. The Labute approximate surface area is 131 Å². The number of nitrogens with one attached hydrogen (secondary N) is 1. The van der Waals surface area contributed by atoms with Gasteiger partial charge in [0.25, 0.3) is 0 Å². The minimum atomic E-state index is 0.0524. The summed E-state index contributed by atoms with van der Waals surface area (Å²) in [5.41, 5.74) is 1.43. The van der Waals surface area contributed by atoms with Gasteiger partial charge in [-0.2, -0.15) is 0 Å². The lowest BCUT2D eigenvalue weighted by atomic mass is 9.77. The van der Waals surface area contributed by atoms with Crippen LogP contribution >= 0.6 is 15.9 Å². The van der Waals surface area contributed by atoms with Gasteiger partial charge >= 0.3 is 0 Å². The van der Waals surface area contributed by atoms with E-state index in [0.29, 0.717) is 0 Å². The molecule has 0 spiro atoms. The molecule has 112 valence electrons. The van der Waals surface area contributed by atoms with Gasteiger partial charge in [-0.05, 0) is 83.7 Å². The van der Waals surface area contributed by atoms with E-state index >= 15 is 0 Å². The van der Waals surface area contributed by atoms with Crippen molar-refractivity contribution in [3.05, 3.63) is 28.2 Å². The van der Waals surface area contributed by atoms with Gasteiger partial charge < -0.3 is 10.1 Å². The highest BCUT2D eigenvalue weighted by Crippen LogP contribution is 2.40. The maximum Gasteiger partial charge on any atom is 0.123 e. The molecule has 1 saturated carbocycles. The van der Waals surface area contributed by atoms with Crippen LogP contribution in [0, 0.1) is 6.92 Å². The van der Waals surface area contributed by atoms with E-state index in [4.69, 9.17) is 4.74 Å². The maximum absolute atomic E-state index is 6.38. The number of rotatable bonds is 5. The van der Waals surface area contributed by atoms with Crippen LogP contribution in [0.25, 0.3) is 0 Å². The van der Waals surface area contributed by atoms with Crippen LogP contribution in [0.15, 0.2) is 22.7 Å². The summed E-state index contributed by atoms with van der Waals surface area (Å²) in [6, 6.07) is 6.26. The van der Waals surface area contributed by atoms with Crippen molar-refractivity contribution in [3.8, 4) is 5.75 Å². The van der Waals surface area contributed by atoms with Crippen molar-refractivity contribution in [2.24, 2.45) is 0 Å². The van der Waals surface area contributed by atoms with Gasteiger partial charge in [0.15, 0.2) is 0 Å². The summed E-state index contributed by atoms with van der Waals surface area (Å²) in [4.78, 5) is 0. The lowest BCUT2D eigenvalue weighted by Gasteiger charge is -2.43. The maximum atomic E-state index is 6.38. The molecule has 1 N–H and O–H groups in total. The Hall–Kier alpha value is -0.540. The van der Waals surface area contributed by atoms with Crippen LogP contribution in [-0.2, 0) is 0 Å². The lowest BCUT2D eigenvalue weighted by Crippen LogP contribution is -2.47. The number of hydrogen-bond donors (Lipinski definition) is 1.